The van der Waals surface area contributed by atoms with Gasteiger partial charge in [0.05, 0.1) is 6.04 Å². The Morgan fingerprint density at radius 2 is 1.95 bits per heavy atom. The van der Waals surface area contributed by atoms with Gasteiger partial charge in [0, 0.05) is 10.4 Å². The number of carbonyl (C=O) groups is 1. The molecule has 0 aliphatic heterocycles. The quantitative estimate of drug-likeness (QED) is 0.835. The molecule has 0 fully saturated rings. The molecule has 0 bridgehead atoms. The van der Waals surface area contributed by atoms with Crippen LogP contribution < -0.4 is 5.32 Å². The number of fused-ring (bicyclic) bond motifs is 1. The van der Waals surface area contributed by atoms with Crippen molar-refractivity contribution in [2.75, 3.05) is 0 Å². The van der Waals surface area contributed by atoms with Gasteiger partial charge in [-0.05, 0) is 48.4 Å². The summed E-state index contributed by atoms with van der Waals surface area (Å²) in [6, 6.07) is 3.22. The van der Waals surface area contributed by atoms with Crippen molar-refractivity contribution in [3.8, 4) is 0 Å². The molecule has 0 saturated heterocycles. The summed E-state index contributed by atoms with van der Waals surface area (Å²) < 4.78 is 39.3. The summed E-state index contributed by atoms with van der Waals surface area (Å²) in [5.41, 5.74) is 0.844. The lowest BCUT2D eigenvalue weighted by Gasteiger charge is -2.23. The lowest BCUT2D eigenvalue weighted by atomic mass is 9.94. The fourth-order valence-electron chi connectivity index (χ4n) is 2.56. The Balaban J connectivity index is 1.82. The number of rotatable bonds is 2. The molecule has 0 spiro atoms. The van der Waals surface area contributed by atoms with Crippen LogP contribution in [0.25, 0.3) is 0 Å². The van der Waals surface area contributed by atoms with E-state index in [4.69, 9.17) is 0 Å². The predicted octanol–water partition coefficient (Wildman–Crippen LogP) is 3.97. The van der Waals surface area contributed by atoms with Crippen LogP contribution in [0.15, 0.2) is 23.6 Å². The molecule has 21 heavy (non-hydrogen) atoms. The molecule has 1 aliphatic carbocycles. The number of hydrogen-bond acceptors (Lipinski definition) is 2. The molecule has 110 valence electrons. The molecular formula is C15H12F3NOS. The number of amides is 1. The third kappa shape index (κ3) is 2.68. The fraction of sp³-hybridized carbons (Fsp3) is 0.267. The van der Waals surface area contributed by atoms with E-state index in [0.717, 1.165) is 24.8 Å². The Hall–Kier alpha value is -1.82. The Morgan fingerprint density at radius 3 is 2.67 bits per heavy atom. The number of nitrogens with one attached hydrogen (secondary N) is 1. The second-order valence-electron chi connectivity index (χ2n) is 4.97. The van der Waals surface area contributed by atoms with E-state index in [-0.39, 0.29) is 11.6 Å². The molecule has 1 aromatic carbocycles. The van der Waals surface area contributed by atoms with Gasteiger partial charge < -0.3 is 5.32 Å². The lowest BCUT2D eigenvalue weighted by Crippen LogP contribution is -2.30. The van der Waals surface area contributed by atoms with Crippen LogP contribution in [0.3, 0.4) is 0 Å². The highest BCUT2D eigenvalue weighted by atomic mass is 32.1. The second kappa shape index (κ2) is 5.52. The third-order valence-corrected chi connectivity index (χ3v) is 4.60. The summed E-state index contributed by atoms with van der Waals surface area (Å²) in [5, 5.41) is 4.73. The maximum Gasteiger partial charge on any atom is 0.251 e. The first kappa shape index (κ1) is 14.1. The van der Waals surface area contributed by atoms with Crippen LogP contribution in [0, 0.1) is 17.5 Å². The van der Waals surface area contributed by atoms with Crippen molar-refractivity contribution in [3.05, 3.63) is 57.0 Å². The molecule has 2 nitrogen and oxygen atoms in total. The number of benzene rings is 1. The van der Waals surface area contributed by atoms with Gasteiger partial charge in [-0.3, -0.25) is 4.79 Å². The molecule has 2 aromatic rings. The van der Waals surface area contributed by atoms with Crippen molar-refractivity contribution in [2.24, 2.45) is 0 Å². The molecule has 1 aromatic heterocycles. The van der Waals surface area contributed by atoms with Gasteiger partial charge >= 0.3 is 0 Å². The number of carbonyl (C=O) groups excluding carboxylic acids is 1. The first-order valence-electron chi connectivity index (χ1n) is 6.58. The highest BCUT2D eigenvalue weighted by Gasteiger charge is 2.24. The summed E-state index contributed by atoms with van der Waals surface area (Å²) in [5.74, 6) is -4.89. The highest BCUT2D eigenvalue weighted by molar-refractivity contribution is 7.10. The van der Waals surface area contributed by atoms with Gasteiger partial charge in [-0.25, -0.2) is 13.2 Å². The Labute approximate surface area is 123 Å². The Kier molecular flexibility index (Phi) is 3.71. The van der Waals surface area contributed by atoms with Crippen molar-refractivity contribution in [1.29, 1.82) is 0 Å². The number of thiophene rings is 1. The summed E-state index contributed by atoms with van der Waals surface area (Å²) in [7, 11) is 0. The first-order chi connectivity index (χ1) is 10.1. The van der Waals surface area contributed by atoms with Crippen LogP contribution in [-0.2, 0) is 6.42 Å². The Morgan fingerprint density at radius 1 is 1.24 bits per heavy atom. The molecular weight excluding hydrogens is 299 g/mol. The SMILES string of the molecule is O=C(NC1CCCc2sccc21)c1cc(F)c(F)c(F)c1. The van der Waals surface area contributed by atoms with E-state index in [1.165, 1.54) is 4.88 Å². The molecule has 1 aliphatic rings. The molecule has 1 unspecified atom stereocenters. The summed E-state index contributed by atoms with van der Waals surface area (Å²) >= 11 is 1.64. The van der Waals surface area contributed by atoms with E-state index in [2.05, 4.69) is 5.32 Å². The minimum atomic E-state index is -1.57. The molecule has 1 heterocycles. The smallest absolute Gasteiger partial charge is 0.251 e. The van der Waals surface area contributed by atoms with Crippen molar-refractivity contribution >= 4 is 17.2 Å². The first-order valence-corrected chi connectivity index (χ1v) is 7.46. The van der Waals surface area contributed by atoms with E-state index in [9.17, 15) is 18.0 Å². The van der Waals surface area contributed by atoms with Gasteiger partial charge in [0.15, 0.2) is 17.5 Å². The van der Waals surface area contributed by atoms with E-state index in [0.29, 0.717) is 12.1 Å². The number of aryl methyl sites for hydroxylation is 1. The number of halogens is 3. The zero-order chi connectivity index (χ0) is 15.0. The molecule has 1 atom stereocenters. The van der Waals surface area contributed by atoms with E-state index in [1.807, 2.05) is 11.4 Å². The van der Waals surface area contributed by atoms with Gasteiger partial charge in [0.25, 0.3) is 5.91 Å². The maximum absolute atomic E-state index is 13.2. The summed E-state index contributed by atoms with van der Waals surface area (Å²) in [4.78, 5) is 13.3. The molecule has 0 saturated carbocycles. The van der Waals surface area contributed by atoms with Gasteiger partial charge in [0.1, 0.15) is 0 Å². The molecule has 0 radical (unpaired) electrons. The molecule has 1 amide bonds. The predicted molar refractivity (Wildman–Crippen MR) is 73.8 cm³/mol. The Bertz CT molecular complexity index is 675. The standard InChI is InChI=1S/C15H12F3NOS/c16-10-6-8(7-11(17)14(10)18)15(20)19-12-2-1-3-13-9(12)4-5-21-13/h4-7,12H,1-3H2,(H,19,20). The van der Waals surface area contributed by atoms with Crippen LogP contribution in [0.2, 0.25) is 0 Å². The largest absolute Gasteiger partial charge is 0.345 e. The minimum Gasteiger partial charge on any atom is -0.345 e. The van der Waals surface area contributed by atoms with Crippen molar-refractivity contribution < 1.29 is 18.0 Å². The van der Waals surface area contributed by atoms with Gasteiger partial charge in [-0.1, -0.05) is 0 Å². The molecule has 1 N–H and O–H groups in total. The monoisotopic (exact) mass is 311 g/mol. The van der Waals surface area contributed by atoms with Crippen molar-refractivity contribution in [2.45, 2.75) is 25.3 Å². The summed E-state index contributed by atoms with van der Waals surface area (Å²) in [6.07, 6.45) is 2.71. The average Bonchev–Trinajstić information content (AvgIpc) is 2.93. The van der Waals surface area contributed by atoms with Crippen LogP contribution in [-0.4, -0.2) is 5.91 Å². The van der Waals surface area contributed by atoms with Crippen LogP contribution in [0.5, 0.6) is 0 Å². The maximum atomic E-state index is 13.2. The number of hydrogen-bond donors (Lipinski definition) is 1. The zero-order valence-corrected chi connectivity index (χ0v) is 11.8. The normalized spacial score (nSPS) is 17.4. The lowest BCUT2D eigenvalue weighted by molar-refractivity contribution is 0.0931. The zero-order valence-electron chi connectivity index (χ0n) is 11.0. The third-order valence-electron chi connectivity index (χ3n) is 3.60. The second-order valence-corrected chi connectivity index (χ2v) is 5.97. The average molecular weight is 311 g/mol. The highest BCUT2D eigenvalue weighted by Crippen LogP contribution is 2.33. The van der Waals surface area contributed by atoms with Gasteiger partial charge in [0.2, 0.25) is 0 Å². The fourth-order valence-corrected chi connectivity index (χ4v) is 3.55. The van der Waals surface area contributed by atoms with Crippen molar-refractivity contribution in [3.63, 3.8) is 0 Å². The van der Waals surface area contributed by atoms with Crippen molar-refractivity contribution in [1.82, 2.24) is 5.32 Å². The van der Waals surface area contributed by atoms with Gasteiger partial charge in [-0.15, -0.1) is 11.3 Å². The minimum absolute atomic E-state index is 0.163. The van der Waals surface area contributed by atoms with Crippen LogP contribution in [0.1, 0.15) is 39.7 Å². The topological polar surface area (TPSA) is 29.1 Å². The van der Waals surface area contributed by atoms with E-state index >= 15 is 0 Å². The molecule has 6 heteroatoms. The van der Waals surface area contributed by atoms with Crippen LogP contribution in [0.4, 0.5) is 13.2 Å². The summed E-state index contributed by atoms with van der Waals surface area (Å²) in [6.45, 7) is 0. The van der Waals surface area contributed by atoms with E-state index < -0.39 is 23.4 Å². The van der Waals surface area contributed by atoms with Crippen LogP contribution >= 0.6 is 11.3 Å². The van der Waals surface area contributed by atoms with E-state index in [1.54, 1.807) is 11.3 Å². The molecule has 3 rings (SSSR count). The van der Waals surface area contributed by atoms with Gasteiger partial charge in [-0.2, -0.15) is 0 Å².